The first-order chi connectivity index (χ1) is 13.6. The molecular weight excluding hydrogens is 444 g/mol. The van der Waals surface area contributed by atoms with E-state index >= 15 is 0 Å². The van der Waals surface area contributed by atoms with Crippen molar-refractivity contribution in [2.24, 2.45) is 4.74 Å². The van der Waals surface area contributed by atoms with Crippen molar-refractivity contribution >= 4 is 36.0 Å². The lowest BCUT2D eigenvalue weighted by atomic mass is 10.2. The number of aryl methyl sites for hydroxylation is 1. The summed E-state index contributed by atoms with van der Waals surface area (Å²) in [5, 5.41) is 9.46. The molecular formula is C22H23Cl2NO4P-. The van der Waals surface area contributed by atoms with Crippen LogP contribution in [0.4, 0.5) is 5.69 Å². The fraction of sp³-hybridized carbons (Fsp3) is 0.227. The molecule has 1 atom stereocenters. The zero-order valence-electron chi connectivity index (χ0n) is 17.1. The van der Waals surface area contributed by atoms with Gasteiger partial charge in [-0.1, -0.05) is 44.5 Å². The third kappa shape index (κ3) is 5.10. The number of halogens is 2. The van der Waals surface area contributed by atoms with Crippen molar-refractivity contribution in [3.05, 3.63) is 77.0 Å². The van der Waals surface area contributed by atoms with Crippen LogP contribution in [0.1, 0.15) is 36.9 Å². The number of carbonyl (C=O) groups is 1. The van der Waals surface area contributed by atoms with Crippen LogP contribution in [0.5, 0.6) is 5.75 Å². The Morgan fingerprint density at radius 1 is 1.10 bits per heavy atom. The molecule has 0 aliphatic heterocycles. The van der Waals surface area contributed by atoms with Gasteiger partial charge in [-0.25, -0.2) is 9.54 Å². The Kier molecular flexibility index (Phi) is 7.46. The molecule has 2 aromatic carbocycles. The average molecular weight is 467 g/mol. The highest BCUT2D eigenvalue weighted by atomic mass is 35.5. The van der Waals surface area contributed by atoms with Gasteiger partial charge in [-0.15, -0.1) is 0 Å². The van der Waals surface area contributed by atoms with Crippen molar-refractivity contribution in [2.45, 2.75) is 32.9 Å². The molecule has 3 rings (SSSR count). The maximum atomic E-state index is 11.4. The van der Waals surface area contributed by atoms with Crippen LogP contribution in [-0.4, -0.2) is 16.2 Å². The highest BCUT2D eigenvalue weighted by molar-refractivity contribution is 7.70. The van der Waals surface area contributed by atoms with E-state index in [1.165, 1.54) is 6.07 Å². The molecule has 0 radical (unpaired) electrons. The molecule has 1 unspecified atom stereocenters. The monoisotopic (exact) mass is 466 g/mol. The van der Waals surface area contributed by atoms with Crippen LogP contribution >= 0.6 is 18.9 Å². The van der Waals surface area contributed by atoms with Crippen molar-refractivity contribution in [2.75, 3.05) is 0 Å². The van der Waals surface area contributed by atoms with Crippen LogP contribution < -0.4 is 22.4 Å². The molecule has 8 heteroatoms. The lowest BCUT2D eigenvalue weighted by molar-refractivity contribution is -0.0000226. The predicted molar refractivity (Wildman–Crippen MR) is 117 cm³/mol. The topological polar surface area (TPSA) is 72.0 Å². The second-order valence-electron chi connectivity index (χ2n) is 7.64. The zero-order chi connectivity index (χ0) is 21.2. The number of hydrogen-bond acceptors (Lipinski definition) is 4. The van der Waals surface area contributed by atoms with Gasteiger partial charge in [0.2, 0.25) is 7.28 Å². The molecule has 160 valence electrons. The summed E-state index contributed by atoms with van der Waals surface area (Å²) in [7, 11) is -2.82. The fourth-order valence-corrected chi connectivity index (χ4v) is 5.91. The van der Waals surface area contributed by atoms with Crippen molar-refractivity contribution < 1.29 is 31.2 Å². The van der Waals surface area contributed by atoms with Crippen LogP contribution in [0.15, 0.2) is 69.8 Å². The second kappa shape index (κ2) is 9.30. The van der Waals surface area contributed by atoms with E-state index in [2.05, 4.69) is 0 Å². The van der Waals surface area contributed by atoms with Gasteiger partial charge in [-0.05, 0) is 55.5 Å². The summed E-state index contributed by atoms with van der Waals surface area (Å²) >= 11 is 6.17. The van der Waals surface area contributed by atoms with Crippen LogP contribution in [0, 0.1) is 6.92 Å². The number of benzene rings is 2. The Hall–Kier alpha value is -2.20. The molecule has 0 saturated carbocycles. The van der Waals surface area contributed by atoms with Crippen molar-refractivity contribution in [3.63, 3.8) is 0 Å². The summed E-state index contributed by atoms with van der Waals surface area (Å²) in [5.41, 5.74) is 1.31. The molecule has 3 aromatic rings. The highest BCUT2D eigenvalue weighted by Crippen LogP contribution is 2.62. The third-order valence-electron chi connectivity index (χ3n) is 4.32. The van der Waals surface area contributed by atoms with Gasteiger partial charge in [-0.2, -0.15) is 0 Å². The van der Waals surface area contributed by atoms with Gasteiger partial charge in [0, 0.05) is 10.2 Å². The van der Waals surface area contributed by atoms with E-state index in [4.69, 9.17) is 25.3 Å². The predicted octanol–water partition coefficient (Wildman–Crippen LogP) is 3.89. The summed E-state index contributed by atoms with van der Waals surface area (Å²) < 4.78 is 17.6. The Morgan fingerprint density at radius 2 is 1.80 bits per heavy atom. The molecule has 0 fully saturated rings. The van der Waals surface area contributed by atoms with E-state index in [9.17, 15) is 9.90 Å². The Morgan fingerprint density at radius 3 is 2.37 bits per heavy atom. The number of aromatic carboxylic acids is 1. The molecule has 0 amide bonds. The zero-order valence-corrected chi connectivity index (χ0v) is 19.5. The van der Waals surface area contributed by atoms with E-state index < -0.39 is 18.4 Å². The lowest BCUT2D eigenvalue weighted by Gasteiger charge is -2.35. The van der Waals surface area contributed by atoms with Crippen LogP contribution in [0.25, 0.3) is 0 Å². The lowest BCUT2D eigenvalue weighted by Crippen LogP contribution is -3.00. The number of nitrogens with zero attached hydrogens (tertiary/aromatic N) is 1. The molecule has 30 heavy (non-hydrogen) atoms. The number of hydrogen-bond donors (Lipinski definition) is 1. The van der Waals surface area contributed by atoms with Crippen LogP contribution in [0.3, 0.4) is 0 Å². The van der Waals surface area contributed by atoms with Gasteiger partial charge in [0.15, 0.2) is 5.50 Å². The molecule has 0 aliphatic carbocycles. The van der Waals surface area contributed by atoms with E-state index in [1.54, 1.807) is 30.3 Å². The van der Waals surface area contributed by atoms with Gasteiger partial charge < -0.3 is 26.5 Å². The molecule has 5 nitrogen and oxygen atoms in total. The highest BCUT2D eigenvalue weighted by Gasteiger charge is 2.41. The summed E-state index contributed by atoms with van der Waals surface area (Å²) in [6, 6.07) is 17.4. The fourth-order valence-electron chi connectivity index (χ4n) is 2.86. The quantitative estimate of drug-likeness (QED) is 0.578. The Balaban J connectivity index is 0.00000320. The van der Waals surface area contributed by atoms with Gasteiger partial charge in [-0.3, -0.25) is 0 Å². The second-order valence-corrected chi connectivity index (χ2v) is 11.4. The molecule has 0 spiro atoms. The minimum Gasteiger partial charge on any atom is -1.00 e. The summed E-state index contributed by atoms with van der Waals surface area (Å²) in [6.45, 7) is 7.97. The molecule has 0 saturated heterocycles. The Labute approximate surface area is 187 Å². The molecule has 0 aliphatic rings. The molecule has 0 bridgehead atoms. The summed E-state index contributed by atoms with van der Waals surface area (Å²) in [6.07, 6.45) is 0. The molecule has 1 heterocycles. The van der Waals surface area contributed by atoms with Gasteiger partial charge in [0.05, 0.1) is 11.3 Å². The first-order valence-electron chi connectivity index (χ1n) is 9.09. The first kappa shape index (κ1) is 24.1. The average Bonchev–Trinajstić information content (AvgIpc) is 3.07. The normalized spacial score (nSPS) is 13.1. The van der Waals surface area contributed by atoms with Crippen LogP contribution in [0.2, 0.25) is 5.02 Å². The number of rotatable bonds is 5. The maximum absolute atomic E-state index is 11.4. The van der Waals surface area contributed by atoms with Crippen LogP contribution in [-0.2, 0) is 0 Å². The van der Waals surface area contributed by atoms with Gasteiger partial charge in [0.25, 0.3) is 0 Å². The third-order valence-corrected chi connectivity index (χ3v) is 8.20. The standard InChI is InChI=1S/C22H23ClNO4P.ClH/c1-15-11-12-20(27-15)29(22(2,3)4,28-19-10-6-8-17(23)14-19)24-18-9-5-7-16(13-18)21(25)26;/h5-14H,1-4H3,(H,25,26);1H/p-1. The minimum atomic E-state index is -2.82. The first-order valence-corrected chi connectivity index (χ1v) is 11.1. The number of carboxylic acid groups (broad SMARTS) is 1. The minimum absolute atomic E-state index is 0. The number of carboxylic acids is 1. The summed E-state index contributed by atoms with van der Waals surface area (Å²) in [4.78, 5) is 11.4. The van der Waals surface area contributed by atoms with Crippen molar-refractivity contribution in [1.82, 2.24) is 0 Å². The Bertz CT molecular complexity index is 1100. The number of furan rings is 1. The maximum Gasteiger partial charge on any atom is 0.335 e. The van der Waals surface area contributed by atoms with E-state index in [1.807, 2.05) is 52.0 Å². The van der Waals surface area contributed by atoms with Gasteiger partial charge in [0.1, 0.15) is 11.5 Å². The summed E-state index contributed by atoms with van der Waals surface area (Å²) in [5.74, 6) is 0.317. The van der Waals surface area contributed by atoms with E-state index in [0.29, 0.717) is 22.0 Å². The smallest absolute Gasteiger partial charge is 0.335 e. The van der Waals surface area contributed by atoms with E-state index in [0.717, 1.165) is 5.76 Å². The van der Waals surface area contributed by atoms with Crippen molar-refractivity contribution in [1.29, 1.82) is 0 Å². The van der Waals surface area contributed by atoms with E-state index in [-0.39, 0.29) is 18.0 Å². The van der Waals surface area contributed by atoms with Gasteiger partial charge >= 0.3 is 5.97 Å². The largest absolute Gasteiger partial charge is 1.00 e. The molecule has 1 N–H and O–H groups in total. The molecule has 1 aromatic heterocycles. The van der Waals surface area contributed by atoms with Crippen molar-refractivity contribution in [3.8, 4) is 5.75 Å². The SMILES string of the molecule is Cc1ccc(P(=Nc2cccc(C(=O)O)c2)(Oc2cccc(Cl)c2)C(C)(C)C)o1.[Cl-].